The monoisotopic (exact) mass is 235 g/mol. The van der Waals surface area contributed by atoms with Crippen molar-refractivity contribution in [1.82, 2.24) is 15.5 Å². The molecule has 1 aromatic heterocycles. The van der Waals surface area contributed by atoms with Crippen LogP contribution in [-0.2, 0) is 6.42 Å². The lowest BCUT2D eigenvalue weighted by molar-refractivity contribution is 0.421. The summed E-state index contributed by atoms with van der Waals surface area (Å²) in [6.07, 6.45) is 1.69. The summed E-state index contributed by atoms with van der Waals surface area (Å²) >= 11 is 0. The van der Waals surface area contributed by atoms with Gasteiger partial charge in [-0.2, -0.15) is 4.98 Å². The van der Waals surface area contributed by atoms with Gasteiger partial charge in [0.25, 0.3) is 5.89 Å². The molecule has 90 valence electrons. The molecule has 1 aromatic carbocycles. The predicted octanol–water partition coefficient (Wildman–Crippen LogP) is 2.03. The minimum absolute atomic E-state index is 0.308. The van der Waals surface area contributed by atoms with Gasteiger partial charge in [0.05, 0.1) is 0 Å². The Morgan fingerprint density at radius 3 is 3.06 bits per heavy atom. The lowest BCUT2D eigenvalue weighted by Gasteiger charge is -1.94. The Morgan fingerprint density at radius 1 is 1.41 bits per heavy atom. The summed E-state index contributed by atoms with van der Waals surface area (Å²) in [5, 5.41) is 6.91. The summed E-state index contributed by atoms with van der Waals surface area (Å²) in [5.74, 6) is 0.709. The molecule has 0 saturated heterocycles. The van der Waals surface area contributed by atoms with E-state index >= 15 is 0 Å². The number of aromatic nitrogens is 2. The van der Waals surface area contributed by atoms with E-state index < -0.39 is 0 Å². The van der Waals surface area contributed by atoms with E-state index in [1.54, 1.807) is 12.1 Å². The van der Waals surface area contributed by atoms with Crippen LogP contribution in [0.3, 0.4) is 0 Å². The van der Waals surface area contributed by atoms with Gasteiger partial charge >= 0.3 is 0 Å². The zero-order valence-corrected chi connectivity index (χ0v) is 9.61. The Hall–Kier alpha value is -1.75. The number of benzene rings is 1. The van der Waals surface area contributed by atoms with Crippen LogP contribution in [-0.4, -0.2) is 23.7 Å². The molecule has 0 radical (unpaired) electrons. The number of hydrogen-bond donors (Lipinski definition) is 1. The standard InChI is InChI=1S/C12H14FN3O/c1-14-7-3-6-11-15-12(17-16-11)9-4-2-5-10(13)8-9/h2,4-5,8,14H,3,6-7H2,1H3. The largest absolute Gasteiger partial charge is 0.334 e. The van der Waals surface area contributed by atoms with Crippen molar-refractivity contribution in [1.29, 1.82) is 0 Å². The third-order valence-corrected chi connectivity index (χ3v) is 2.37. The van der Waals surface area contributed by atoms with Crippen LogP contribution >= 0.6 is 0 Å². The molecule has 0 fully saturated rings. The van der Waals surface area contributed by atoms with Crippen molar-refractivity contribution in [2.45, 2.75) is 12.8 Å². The first kappa shape index (κ1) is 11.7. The van der Waals surface area contributed by atoms with Gasteiger partial charge in [0.1, 0.15) is 5.82 Å². The summed E-state index contributed by atoms with van der Waals surface area (Å²) in [5.41, 5.74) is 0.609. The Bertz CT molecular complexity index is 484. The molecule has 2 aromatic rings. The van der Waals surface area contributed by atoms with E-state index in [2.05, 4.69) is 15.5 Å². The number of aryl methyl sites for hydroxylation is 1. The van der Waals surface area contributed by atoms with E-state index in [-0.39, 0.29) is 5.82 Å². The minimum atomic E-state index is -0.308. The normalized spacial score (nSPS) is 10.7. The number of hydrogen-bond acceptors (Lipinski definition) is 4. The van der Waals surface area contributed by atoms with Crippen LogP contribution in [0.1, 0.15) is 12.2 Å². The van der Waals surface area contributed by atoms with E-state index in [1.165, 1.54) is 12.1 Å². The van der Waals surface area contributed by atoms with Gasteiger partial charge in [0.2, 0.25) is 0 Å². The van der Waals surface area contributed by atoms with Gasteiger partial charge < -0.3 is 9.84 Å². The Morgan fingerprint density at radius 2 is 2.29 bits per heavy atom. The number of halogens is 1. The summed E-state index contributed by atoms with van der Waals surface area (Å²) in [4.78, 5) is 4.22. The van der Waals surface area contributed by atoms with Gasteiger partial charge in [0.15, 0.2) is 5.82 Å². The van der Waals surface area contributed by atoms with Crippen molar-refractivity contribution in [2.75, 3.05) is 13.6 Å². The molecule has 5 heteroatoms. The highest BCUT2D eigenvalue weighted by Gasteiger charge is 2.08. The second-order valence-electron chi connectivity index (χ2n) is 3.73. The molecular weight excluding hydrogens is 221 g/mol. The fraction of sp³-hybridized carbons (Fsp3) is 0.333. The average molecular weight is 235 g/mol. The highest BCUT2D eigenvalue weighted by molar-refractivity contribution is 5.52. The maximum Gasteiger partial charge on any atom is 0.258 e. The molecule has 0 bridgehead atoms. The molecule has 2 rings (SSSR count). The Balaban J connectivity index is 2.07. The average Bonchev–Trinajstić information content (AvgIpc) is 2.78. The van der Waals surface area contributed by atoms with Crippen LogP contribution in [0.15, 0.2) is 28.8 Å². The molecule has 0 saturated carbocycles. The predicted molar refractivity (Wildman–Crippen MR) is 61.9 cm³/mol. The SMILES string of the molecule is CNCCCc1noc(-c2cccc(F)c2)n1. The van der Waals surface area contributed by atoms with E-state index in [1.807, 2.05) is 7.05 Å². The highest BCUT2D eigenvalue weighted by Crippen LogP contribution is 2.18. The van der Waals surface area contributed by atoms with Crippen LogP contribution < -0.4 is 5.32 Å². The summed E-state index contributed by atoms with van der Waals surface area (Å²) in [6.45, 7) is 0.907. The number of nitrogens with one attached hydrogen (secondary N) is 1. The lowest BCUT2D eigenvalue weighted by Crippen LogP contribution is -2.08. The van der Waals surface area contributed by atoms with E-state index in [9.17, 15) is 4.39 Å². The number of rotatable bonds is 5. The molecule has 0 unspecified atom stereocenters. The fourth-order valence-electron chi connectivity index (χ4n) is 1.52. The van der Waals surface area contributed by atoms with Crippen molar-refractivity contribution < 1.29 is 8.91 Å². The molecule has 0 aliphatic carbocycles. The zero-order valence-electron chi connectivity index (χ0n) is 9.61. The second-order valence-corrected chi connectivity index (χ2v) is 3.73. The molecule has 0 aliphatic heterocycles. The maximum absolute atomic E-state index is 13.0. The summed E-state index contributed by atoms with van der Waals surface area (Å²) in [6, 6.07) is 6.13. The van der Waals surface area contributed by atoms with Gasteiger partial charge in [-0.3, -0.25) is 0 Å². The smallest absolute Gasteiger partial charge is 0.258 e. The zero-order chi connectivity index (χ0) is 12.1. The molecule has 0 spiro atoms. The highest BCUT2D eigenvalue weighted by atomic mass is 19.1. The maximum atomic E-state index is 13.0. The van der Waals surface area contributed by atoms with Gasteiger partial charge in [-0.05, 0) is 38.2 Å². The molecule has 0 amide bonds. The Labute approximate surface area is 98.8 Å². The third-order valence-electron chi connectivity index (χ3n) is 2.37. The summed E-state index contributed by atoms with van der Waals surface area (Å²) < 4.78 is 18.1. The first-order valence-electron chi connectivity index (χ1n) is 5.52. The van der Waals surface area contributed by atoms with E-state index in [0.717, 1.165) is 19.4 Å². The number of nitrogens with zero attached hydrogens (tertiary/aromatic N) is 2. The van der Waals surface area contributed by atoms with E-state index in [0.29, 0.717) is 17.3 Å². The second kappa shape index (κ2) is 5.54. The first-order valence-corrected chi connectivity index (χ1v) is 5.52. The van der Waals surface area contributed by atoms with Crippen molar-refractivity contribution in [2.24, 2.45) is 0 Å². The molecule has 4 nitrogen and oxygen atoms in total. The Kier molecular flexibility index (Phi) is 3.82. The molecule has 0 aliphatic rings. The molecular formula is C12H14FN3O. The van der Waals surface area contributed by atoms with E-state index in [4.69, 9.17) is 4.52 Å². The quantitative estimate of drug-likeness (QED) is 0.806. The van der Waals surface area contributed by atoms with Gasteiger partial charge in [0, 0.05) is 12.0 Å². The van der Waals surface area contributed by atoms with Gasteiger partial charge in [-0.1, -0.05) is 11.2 Å². The van der Waals surface area contributed by atoms with Crippen molar-refractivity contribution in [3.63, 3.8) is 0 Å². The molecule has 17 heavy (non-hydrogen) atoms. The van der Waals surface area contributed by atoms with Crippen molar-refractivity contribution >= 4 is 0 Å². The van der Waals surface area contributed by atoms with Gasteiger partial charge in [-0.25, -0.2) is 4.39 Å². The van der Waals surface area contributed by atoms with Crippen LogP contribution in [0, 0.1) is 5.82 Å². The van der Waals surface area contributed by atoms with Crippen LogP contribution in [0.25, 0.3) is 11.5 Å². The first-order chi connectivity index (χ1) is 8.29. The van der Waals surface area contributed by atoms with Crippen LogP contribution in [0.4, 0.5) is 4.39 Å². The molecule has 0 atom stereocenters. The topological polar surface area (TPSA) is 51.0 Å². The van der Waals surface area contributed by atoms with Crippen LogP contribution in [0.2, 0.25) is 0 Å². The fourth-order valence-corrected chi connectivity index (χ4v) is 1.52. The molecule has 1 N–H and O–H groups in total. The third kappa shape index (κ3) is 3.10. The minimum Gasteiger partial charge on any atom is -0.334 e. The van der Waals surface area contributed by atoms with Crippen molar-refractivity contribution in [3.8, 4) is 11.5 Å². The van der Waals surface area contributed by atoms with Gasteiger partial charge in [-0.15, -0.1) is 0 Å². The summed E-state index contributed by atoms with van der Waals surface area (Å²) in [7, 11) is 1.90. The van der Waals surface area contributed by atoms with Crippen molar-refractivity contribution in [3.05, 3.63) is 35.9 Å². The lowest BCUT2D eigenvalue weighted by atomic mass is 10.2. The molecule has 1 heterocycles. The van der Waals surface area contributed by atoms with Crippen LogP contribution in [0.5, 0.6) is 0 Å².